The Balaban J connectivity index is 1.38. The summed E-state index contributed by atoms with van der Waals surface area (Å²) in [5, 5.41) is 3.08. The molecule has 0 saturated heterocycles. The van der Waals surface area contributed by atoms with Crippen molar-refractivity contribution in [1.82, 2.24) is 0 Å². The van der Waals surface area contributed by atoms with Gasteiger partial charge in [-0.2, -0.15) is 8.78 Å². The average Bonchev–Trinajstić information content (AvgIpc) is 2.68. The first kappa shape index (κ1) is 19.5. The number of hydrogen-bond donors (Lipinski definition) is 1. The van der Waals surface area contributed by atoms with E-state index in [-0.39, 0.29) is 22.5 Å². The normalized spacial score (nSPS) is 31.7. The number of anilines is 1. The summed E-state index contributed by atoms with van der Waals surface area (Å²) in [5.74, 6) is 1.37. The van der Waals surface area contributed by atoms with Gasteiger partial charge in [0.2, 0.25) is 5.91 Å². The number of hydrogen-bond acceptors (Lipinski definition) is 2. The van der Waals surface area contributed by atoms with Gasteiger partial charge in [0.15, 0.2) is 0 Å². The molecule has 0 spiro atoms. The molecule has 1 N–H and O–H groups in total. The predicted octanol–water partition coefficient (Wildman–Crippen LogP) is 6.07. The Morgan fingerprint density at radius 1 is 1.00 bits per heavy atom. The topological polar surface area (TPSA) is 38.3 Å². The Morgan fingerprint density at radius 3 is 2.23 bits per heavy atom. The van der Waals surface area contributed by atoms with Crippen LogP contribution in [-0.2, 0) is 10.2 Å². The van der Waals surface area contributed by atoms with Crippen LogP contribution in [0.25, 0.3) is 0 Å². The van der Waals surface area contributed by atoms with Crippen LogP contribution in [0.15, 0.2) is 48.5 Å². The van der Waals surface area contributed by atoms with Crippen LogP contribution in [0.1, 0.15) is 49.7 Å². The fourth-order valence-electron chi connectivity index (χ4n) is 6.76. The van der Waals surface area contributed by atoms with E-state index in [0.29, 0.717) is 17.5 Å². The highest BCUT2D eigenvalue weighted by atomic mass is 19.3. The second-order valence-electron chi connectivity index (χ2n) is 9.74. The molecule has 4 bridgehead atoms. The molecule has 0 aromatic heterocycles. The van der Waals surface area contributed by atoms with Crippen LogP contribution in [0, 0.1) is 24.2 Å². The molecule has 2 atom stereocenters. The number of benzene rings is 2. The van der Waals surface area contributed by atoms with Gasteiger partial charge >= 0.3 is 6.61 Å². The van der Waals surface area contributed by atoms with Crippen molar-refractivity contribution in [2.75, 3.05) is 5.32 Å². The third-order valence-electron chi connectivity index (χ3n) is 7.54. The Bertz CT molecular complexity index is 925. The number of alkyl halides is 2. The molecule has 0 radical (unpaired) electrons. The van der Waals surface area contributed by atoms with Crippen LogP contribution in [-0.4, -0.2) is 12.5 Å². The van der Waals surface area contributed by atoms with E-state index in [9.17, 15) is 13.6 Å². The summed E-state index contributed by atoms with van der Waals surface area (Å²) in [6, 6.07) is 15.1. The number of carbonyl (C=O) groups is 1. The number of rotatable bonds is 5. The van der Waals surface area contributed by atoms with E-state index < -0.39 is 6.61 Å². The van der Waals surface area contributed by atoms with Crippen molar-refractivity contribution in [2.24, 2.45) is 17.3 Å². The summed E-state index contributed by atoms with van der Waals surface area (Å²) >= 11 is 0. The Morgan fingerprint density at radius 2 is 1.63 bits per heavy atom. The SMILES string of the molecule is Cc1ccc(C23CC4CC(CC(C(=O)Nc5ccc(OC(F)F)cc5)(C4)C2)C3)cc1. The van der Waals surface area contributed by atoms with Crippen molar-refractivity contribution in [3.63, 3.8) is 0 Å². The van der Waals surface area contributed by atoms with Gasteiger partial charge in [-0.15, -0.1) is 0 Å². The van der Waals surface area contributed by atoms with Gasteiger partial charge in [0.25, 0.3) is 0 Å². The predicted molar refractivity (Wildman–Crippen MR) is 112 cm³/mol. The second-order valence-corrected chi connectivity index (χ2v) is 9.74. The van der Waals surface area contributed by atoms with Gasteiger partial charge in [-0.05, 0) is 92.5 Å². The van der Waals surface area contributed by atoms with Gasteiger partial charge < -0.3 is 10.1 Å². The monoisotopic (exact) mass is 411 g/mol. The molecule has 0 heterocycles. The Labute approximate surface area is 175 Å². The summed E-state index contributed by atoms with van der Waals surface area (Å²) in [4.78, 5) is 13.5. The molecule has 4 aliphatic rings. The largest absolute Gasteiger partial charge is 0.435 e. The molecule has 6 rings (SSSR count). The van der Waals surface area contributed by atoms with Gasteiger partial charge in [0, 0.05) is 5.69 Å². The molecular formula is C25H27F2NO2. The maximum Gasteiger partial charge on any atom is 0.387 e. The van der Waals surface area contributed by atoms with E-state index in [4.69, 9.17) is 0 Å². The molecule has 2 aromatic carbocycles. The van der Waals surface area contributed by atoms with E-state index in [1.54, 1.807) is 12.1 Å². The Hall–Kier alpha value is -2.43. The smallest absolute Gasteiger partial charge is 0.387 e. The first-order valence-corrected chi connectivity index (χ1v) is 10.8. The number of halogens is 2. The highest BCUT2D eigenvalue weighted by Gasteiger charge is 2.60. The van der Waals surface area contributed by atoms with Crippen LogP contribution >= 0.6 is 0 Å². The second kappa shape index (κ2) is 7.07. The van der Waals surface area contributed by atoms with Crippen LogP contribution < -0.4 is 10.1 Å². The van der Waals surface area contributed by atoms with Crippen LogP contribution in [0.2, 0.25) is 0 Å². The molecule has 5 heteroatoms. The molecule has 2 aromatic rings. The van der Waals surface area contributed by atoms with Crippen molar-refractivity contribution in [3.05, 3.63) is 59.7 Å². The highest BCUT2D eigenvalue weighted by Crippen LogP contribution is 2.66. The summed E-state index contributed by atoms with van der Waals surface area (Å²) in [6.07, 6.45) is 6.41. The zero-order valence-electron chi connectivity index (χ0n) is 17.2. The molecule has 158 valence electrons. The maximum absolute atomic E-state index is 13.5. The van der Waals surface area contributed by atoms with Crippen LogP contribution in [0.4, 0.5) is 14.5 Å². The molecule has 4 aliphatic carbocycles. The van der Waals surface area contributed by atoms with Crippen molar-refractivity contribution in [3.8, 4) is 5.75 Å². The fourth-order valence-corrected chi connectivity index (χ4v) is 6.76. The van der Waals surface area contributed by atoms with Gasteiger partial charge in [0.05, 0.1) is 5.41 Å². The molecular weight excluding hydrogens is 384 g/mol. The minimum absolute atomic E-state index is 0.0793. The minimum Gasteiger partial charge on any atom is -0.435 e. The zero-order chi connectivity index (χ0) is 20.9. The van der Waals surface area contributed by atoms with E-state index in [1.807, 2.05) is 0 Å². The molecule has 30 heavy (non-hydrogen) atoms. The highest BCUT2D eigenvalue weighted by molar-refractivity contribution is 5.96. The minimum atomic E-state index is -2.85. The Kier molecular flexibility index (Phi) is 4.60. The molecule has 4 fully saturated rings. The molecule has 2 unspecified atom stereocenters. The van der Waals surface area contributed by atoms with Gasteiger partial charge in [-0.1, -0.05) is 29.8 Å². The summed E-state index contributed by atoms with van der Waals surface area (Å²) < 4.78 is 29.1. The van der Waals surface area contributed by atoms with E-state index in [0.717, 1.165) is 19.3 Å². The average molecular weight is 411 g/mol. The van der Waals surface area contributed by atoms with Crippen LogP contribution in [0.5, 0.6) is 5.75 Å². The number of amides is 1. The standard InChI is InChI=1S/C25H27F2NO2/c1-16-2-4-19(5-3-16)24-11-17-10-18(12-24)14-25(13-17,15-24)22(29)28-20-6-8-21(9-7-20)30-23(26)27/h2-9,17-18,23H,10-15H2,1H3,(H,28,29). The summed E-state index contributed by atoms with van der Waals surface area (Å²) in [5.41, 5.74) is 3.03. The quantitative estimate of drug-likeness (QED) is 0.648. The summed E-state index contributed by atoms with van der Waals surface area (Å²) in [7, 11) is 0. The first-order valence-electron chi connectivity index (χ1n) is 10.8. The third-order valence-corrected chi connectivity index (χ3v) is 7.54. The number of aryl methyl sites for hydroxylation is 1. The van der Waals surface area contributed by atoms with Gasteiger partial charge in [-0.25, -0.2) is 0 Å². The van der Waals surface area contributed by atoms with E-state index in [1.165, 1.54) is 42.5 Å². The van der Waals surface area contributed by atoms with E-state index in [2.05, 4.69) is 41.2 Å². The third kappa shape index (κ3) is 3.38. The lowest BCUT2D eigenvalue weighted by atomic mass is 9.42. The van der Waals surface area contributed by atoms with Crippen LogP contribution in [0.3, 0.4) is 0 Å². The lowest BCUT2D eigenvalue weighted by Crippen LogP contribution is -2.57. The van der Waals surface area contributed by atoms with Gasteiger partial charge in [-0.3, -0.25) is 4.79 Å². The lowest BCUT2D eigenvalue weighted by molar-refractivity contribution is -0.143. The summed E-state index contributed by atoms with van der Waals surface area (Å²) in [6.45, 7) is -0.744. The maximum atomic E-state index is 13.5. The fraction of sp³-hybridized carbons (Fsp3) is 0.480. The van der Waals surface area contributed by atoms with E-state index >= 15 is 0 Å². The molecule has 4 saturated carbocycles. The van der Waals surface area contributed by atoms with Crippen molar-refractivity contribution in [2.45, 2.75) is 57.5 Å². The number of carbonyl (C=O) groups excluding carboxylic acids is 1. The van der Waals surface area contributed by atoms with Gasteiger partial charge in [0.1, 0.15) is 5.75 Å². The van der Waals surface area contributed by atoms with Crippen molar-refractivity contribution >= 4 is 11.6 Å². The van der Waals surface area contributed by atoms with Crippen molar-refractivity contribution < 1.29 is 18.3 Å². The molecule has 1 amide bonds. The number of nitrogens with one attached hydrogen (secondary N) is 1. The number of ether oxygens (including phenoxy) is 1. The van der Waals surface area contributed by atoms with Crippen molar-refractivity contribution in [1.29, 1.82) is 0 Å². The molecule has 0 aliphatic heterocycles. The lowest BCUT2D eigenvalue weighted by Gasteiger charge is -2.61. The molecule has 3 nitrogen and oxygen atoms in total. The first-order chi connectivity index (χ1) is 14.4. The zero-order valence-corrected chi connectivity index (χ0v) is 17.2.